The SMILES string of the molecule is CN1Cc2c(cnn2C2CN(Cc3cccc(C(=O)N4CCCC4)n3)C2)-c2cccc(Nc3cc(NC(=O)C4CC4)nc4cc[nH]c(=O)c34)c21. The van der Waals surface area contributed by atoms with Gasteiger partial charge in [-0.1, -0.05) is 18.2 Å². The Morgan fingerprint density at radius 2 is 1.80 bits per heavy atom. The molecule has 4 aliphatic rings. The minimum absolute atomic E-state index is 0.0292. The standard InChI is InChI=1S/C37H38N10O3/c1-44-21-31-26(17-39-47(31)24-19-45(20-24)18-23-6-4-9-29(40-23)37(50)46-14-2-3-15-46)25-7-5-8-28(34(25)44)41-30-16-32(43-35(48)22-10-11-22)42-27-12-13-38-36(49)33(27)30/h4-9,12-13,16-17,22,24H,2-3,10-11,14-15,18-21H2,1H3,(H,38,49)(H2,41,42,43,48). The van der Waals surface area contributed by atoms with E-state index in [-0.39, 0.29) is 29.3 Å². The molecule has 13 heteroatoms. The molecule has 7 heterocycles. The van der Waals surface area contributed by atoms with Crippen LogP contribution in [-0.2, 0) is 17.9 Å². The third-order valence-corrected chi connectivity index (χ3v) is 10.3. The normalized spacial score (nSPS) is 17.4. The van der Waals surface area contributed by atoms with Gasteiger partial charge in [0.15, 0.2) is 0 Å². The van der Waals surface area contributed by atoms with Gasteiger partial charge in [0.25, 0.3) is 11.5 Å². The highest BCUT2D eigenvalue weighted by molar-refractivity contribution is 6.00. The van der Waals surface area contributed by atoms with E-state index in [0.29, 0.717) is 41.2 Å². The molecule has 9 rings (SSSR count). The molecular formula is C37H38N10O3. The molecule has 0 bridgehead atoms. The maximum atomic E-state index is 13.0. The van der Waals surface area contributed by atoms with Gasteiger partial charge in [-0.05, 0) is 49.9 Å². The number of fused-ring (bicyclic) bond motifs is 4. The number of carbonyl (C=O) groups excluding carboxylic acids is 2. The Labute approximate surface area is 288 Å². The third-order valence-electron chi connectivity index (χ3n) is 10.3. The Hall–Kier alpha value is -5.56. The minimum atomic E-state index is -0.257. The fourth-order valence-corrected chi connectivity index (χ4v) is 7.56. The summed E-state index contributed by atoms with van der Waals surface area (Å²) < 4.78 is 2.16. The van der Waals surface area contributed by atoms with Crippen LogP contribution >= 0.6 is 0 Å². The lowest BCUT2D eigenvalue weighted by molar-refractivity contribution is -0.117. The summed E-state index contributed by atoms with van der Waals surface area (Å²) in [5.41, 5.74) is 7.40. The molecule has 0 atom stereocenters. The van der Waals surface area contributed by atoms with Crippen LogP contribution in [0.4, 0.5) is 22.9 Å². The number of amides is 2. The zero-order chi connectivity index (χ0) is 33.9. The summed E-state index contributed by atoms with van der Waals surface area (Å²) in [5, 5.41) is 11.8. The van der Waals surface area contributed by atoms with E-state index in [2.05, 4.69) is 48.2 Å². The predicted octanol–water partition coefficient (Wildman–Crippen LogP) is 4.52. The Kier molecular flexibility index (Phi) is 7.37. The highest BCUT2D eigenvalue weighted by Gasteiger charge is 2.35. The van der Waals surface area contributed by atoms with Crippen LogP contribution in [0.3, 0.4) is 0 Å². The van der Waals surface area contributed by atoms with Gasteiger partial charge < -0.3 is 25.4 Å². The van der Waals surface area contributed by atoms with Crippen molar-refractivity contribution in [1.29, 1.82) is 0 Å². The Morgan fingerprint density at radius 3 is 2.62 bits per heavy atom. The number of aromatic nitrogens is 5. The average Bonchev–Trinajstić information content (AvgIpc) is 3.65. The average molecular weight is 671 g/mol. The van der Waals surface area contributed by atoms with Crippen molar-refractivity contribution in [2.24, 2.45) is 5.92 Å². The van der Waals surface area contributed by atoms with Gasteiger partial charge in [0.2, 0.25) is 5.91 Å². The molecule has 3 N–H and O–H groups in total. The first kappa shape index (κ1) is 30.5. The van der Waals surface area contributed by atoms with Crippen molar-refractivity contribution in [1.82, 2.24) is 34.5 Å². The van der Waals surface area contributed by atoms with E-state index >= 15 is 0 Å². The van der Waals surface area contributed by atoms with Gasteiger partial charge in [-0.3, -0.25) is 24.0 Å². The number of rotatable bonds is 8. The number of hydrogen-bond donors (Lipinski definition) is 3. The Bertz CT molecular complexity index is 2210. The molecule has 254 valence electrons. The summed E-state index contributed by atoms with van der Waals surface area (Å²) >= 11 is 0. The van der Waals surface area contributed by atoms with Crippen LogP contribution in [0.15, 0.2) is 65.7 Å². The number of hydrogen-bond acceptors (Lipinski definition) is 9. The van der Waals surface area contributed by atoms with Crippen molar-refractivity contribution < 1.29 is 9.59 Å². The molecule has 0 spiro atoms. The van der Waals surface area contributed by atoms with E-state index in [0.717, 1.165) is 85.8 Å². The summed E-state index contributed by atoms with van der Waals surface area (Å²) in [6, 6.07) is 15.6. The minimum Gasteiger partial charge on any atom is -0.366 e. The second-order valence-electron chi connectivity index (χ2n) is 13.9. The van der Waals surface area contributed by atoms with Crippen molar-refractivity contribution >= 4 is 45.6 Å². The summed E-state index contributed by atoms with van der Waals surface area (Å²) in [7, 11) is 2.07. The van der Waals surface area contributed by atoms with E-state index in [9.17, 15) is 14.4 Å². The molecule has 5 aromatic rings. The van der Waals surface area contributed by atoms with Crippen molar-refractivity contribution in [3.8, 4) is 11.1 Å². The number of likely N-dealkylation sites (tertiary alicyclic amines) is 2. The van der Waals surface area contributed by atoms with Gasteiger partial charge in [0.1, 0.15) is 11.5 Å². The number of para-hydroxylation sites is 1. The molecule has 0 unspecified atom stereocenters. The van der Waals surface area contributed by atoms with Crippen LogP contribution < -0.4 is 21.1 Å². The molecule has 2 saturated heterocycles. The number of nitrogens with one attached hydrogen (secondary N) is 3. The summed E-state index contributed by atoms with van der Waals surface area (Å²) in [6.45, 7) is 4.69. The first-order valence-corrected chi connectivity index (χ1v) is 17.4. The molecule has 3 aliphatic heterocycles. The fraction of sp³-hybridized carbons (Fsp3) is 0.351. The van der Waals surface area contributed by atoms with E-state index < -0.39 is 0 Å². The number of aromatic amines is 1. The number of nitrogens with zero attached hydrogens (tertiary/aromatic N) is 7. The van der Waals surface area contributed by atoms with E-state index in [4.69, 9.17) is 10.1 Å². The molecular weight excluding hydrogens is 632 g/mol. The second-order valence-corrected chi connectivity index (χ2v) is 13.9. The first-order valence-electron chi connectivity index (χ1n) is 17.4. The van der Waals surface area contributed by atoms with Crippen molar-refractivity contribution in [3.63, 3.8) is 0 Å². The Balaban J connectivity index is 0.946. The van der Waals surface area contributed by atoms with Crippen molar-refractivity contribution in [2.45, 2.75) is 44.8 Å². The highest BCUT2D eigenvalue weighted by atomic mass is 16.2. The smallest absolute Gasteiger partial charge is 0.272 e. The number of H-pyrrole nitrogens is 1. The largest absolute Gasteiger partial charge is 0.366 e. The summed E-state index contributed by atoms with van der Waals surface area (Å²) in [4.78, 5) is 57.0. The molecule has 1 aliphatic carbocycles. The lowest BCUT2D eigenvalue weighted by atomic mass is 9.97. The predicted molar refractivity (Wildman–Crippen MR) is 190 cm³/mol. The molecule has 13 nitrogen and oxygen atoms in total. The van der Waals surface area contributed by atoms with Gasteiger partial charge in [-0.2, -0.15) is 5.10 Å². The molecule has 1 aromatic carbocycles. The van der Waals surface area contributed by atoms with Crippen LogP contribution in [0.2, 0.25) is 0 Å². The van der Waals surface area contributed by atoms with E-state index in [1.807, 2.05) is 41.4 Å². The zero-order valence-electron chi connectivity index (χ0n) is 27.9. The topological polar surface area (TPSA) is 144 Å². The highest BCUT2D eigenvalue weighted by Crippen LogP contribution is 2.45. The van der Waals surface area contributed by atoms with Crippen LogP contribution in [0.5, 0.6) is 0 Å². The first-order chi connectivity index (χ1) is 24.4. The van der Waals surface area contributed by atoms with Crippen LogP contribution in [0.1, 0.15) is 53.6 Å². The Morgan fingerprint density at radius 1 is 0.980 bits per heavy atom. The van der Waals surface area contributed by atoms with Crippen LogP contribution in [0.25, 0.3) is 22.0 Å². The van der Waals surface area contributed by atoms with Crippen molar-refractivity contribution in [3.05, 3.63) is 88.4 Å². The van der Waals surface area contributed by atoms with Gasteiger partial charge in [0, 0.05) is 69.1 Å². The van der Waals surface area contributed by atoms with Crippen LogP contribution in [-0.4, -0.2) is 79.6 Å². The molecule has 50 heavy (non-hydrogen) atoms. The number of pyridine rings is 3. The fourth-order valence-electron chi connectivity index (χ4n) is 7.56. The number of benzene rings is 1. The molecule has 2 amide bonds. The zero-order valence-corrected chi connectivity index (χ0v) is 27.9. The second kappa shape index (κ2) is 12.1. The quantitative estimate of drug-likeness (QED) is 0.217. The van der Waals surface area contributed by atoms with Gasteiger partial charge in [-0.15, -0.1) is 0 Å². The maximum Gasteiger partial charge on any atom is 0.272 e. The van der Waals surface area contributed by atoms with Gasteiger partial charge >= 0.3 is 0 Å². The lowest BCUT2D eigenvalue weighted by Crippen LogP contribution is -2.48. The lowest BCUT2D eigenvalue weighted by Gasteiger charge is -2.40. The molecule has 3 fully saturated rings. The summed E-state index contributed by atoms with van der Waals surface area (Å²) in [5.74, 6) is 0.430. The number of carbonyl (C=O) groups is 2. The molecule has 4 aromatic heterocycles. The molecule has 1 saturated carbocycles. The monoisotopic (exact) mass is 670 g/mol. The van der Waals surface area contributed by atoms with Crippen molar-refractivity contribution in [2.75, 3.05) is 48.8 Å². The third kappa shape index (κ3) is 5.47. The maximum absolute atomic E-state index is 13.0. The van der Waals surface area contributed by atoms with Gasteiger partial charge in [0.05, 0.1) is 58.1 Å². The van der Waals surface area contributed by atoms with E-state index in [1.165, 1.54) is 0 Å². The molecule has 0 radical (unpaired) electrons. The summed E-state index contributed by atoms with van der Waals surface area (Å²) in [6.07, 6.45) is 7.42. The number of anilines is 4. The van der Waals surface area contributed by atoms with Crippen LogP contribution in [0, 0.1) is 5.92 Å². The van der Waals surface area contributed by atoms with Gasteiger partial charge in [-0.25, -0.2) is 9.97 Å². The van der Waals surface area contributed by atoms with E-state index in [1.54, 1.807) is 18.3 Å².